The maximum absolute atomic E-state index is 12.8. The van der Waals surface area contributed by atoms with Gasteiger partial charge in [-0.15, -0.1) is 0 Å². The van der Waals surface area contributed by atoms with E-state index in [0.29, 0.717) is 47.6 Å². The molecule has 152 valence electrons. The zero-order chi connectivity index (χ0) is 20.2. The average Bonchev–Trinajstić information content (AvgIpc) is 3.18. The standard InChI is InChI=1S/C19H23N7O3/c1-20-16-10-15(24-14-4-3-7-21-19(14)28-2)25-17-13(11-22-26(16)17)18(27)23-12-5-8-29-9-6-12/h3-4,7,10-12,20H,5-6,8-9H2,1-2H3,(H,23,27)(H,24,25). The summed E-state index contributed by atoms with van der Waals surface area (Å²) in [5, 5.41) is 13.7. The van der Waals surface area contributed by atoms with E-state index in [-0.39, 0.29) is 11.9 Å². The zero-order valence-corrected chi connectivity index (χ0v) is 16.3. The smallest absolute Gasteiger partial charge is 0.256 e. The summed E-state index contributed by atoms with van der Waals surface area (Å²) in [4.78, 5) is 21.6. The van der Waals surface area contributed by atoms with Gasteiger partial charge in [0, 0.05) is 38.6 Å². The van der Waals surface area contributed by atoms with Gasteiger partial charge in [-0.3, -0.25) is 4.79 Å². The number of methoxy groups -OCH3 is 1. The van der Waals surface area contributed by atoms with E-state index in [0.717, 1.165) is 12.8 Å². The average molecular weight is 397 g/mol. The number of amides is 1. The summed E-state index contributed by atoms with van der Waals surface area (Å²) in [6.45, 7) is 1.31. The minimum atomic E-state index is -0.197. The number of carbonyl (C=O) groups is 1. The molecule has 1 fully saturated rings. The van der Waals surface area contributed by atoms with Crippen LogP contribution in [-0.4, -0.2) is 58.9 Å². The van der Waals surface area contributed by atoms with Crippen molar-refractivity contribution in [3.63, 3.8) is 0 Å². The fourth-order valence-electron chi connectivity index (χ4n) is 3.26. The Morgan fingerprint density at radius 2 is 2.17 bits per heavy atom. The Morgan fingerprint density at radius 3 is 2.93 bits per heavy atom. The second-order valence-corrected chi connectivity index (χ2v) is 6.62. The molecule has 1 aliphatic rings. The Labute approximate surface area is 167 Å². The fourth-order valence-corrected chi connectivity index (χ4v) is 3.26. The third-order valence-electron chi connectivity index (χ3n) is 4.76. The van der Waals surface area contributed by atoms with Crippen molar-refractivity contribution in [3.05, 3.63) is 36.2 Å². The van der Waals surface area contributed by atoms with Gasteiger partial charge in [-0.05, 0) is 25.0 Å². The second kappa shape index (κ2) is 8.31. The first kappa shape index (κ1) is 18.9. The van der Waals surface area contributed by atoms with E-state index < -0.39 is 0 Å². The maximum atomic E-state index is 12.8. The van der Waals surface area contributed by atoms with Gasteiger partial charge in [0.2, 0.25) is 5.88 Å². The first-order valence-corrected chi connectivity index (χ1v) is 9.40. The van der Waals surface area contributed by atoms with Crippen molar-refractivity contribution in [3.8, 4) is 5.88 Å². The summed E-state index contributed by atoms with van der Waals surface area (Å²) in [5.74, 6) is 1.47. The van der Waals surface area contributed by atoms with E-state index in [2.05, 4.69) is 31.0 Å². The predicted molar refractivity (Wildman–Crippen MR) is 108 cm³/mol. The molecule has 0 aliphatic carbocycles. The van der Waals surface area contributed by atoms with Crippen LogP contribution in [0.5, 0.6) is 5.88 Å². The lowest BCUT2D eigenvalue weighted by atomic mass is 10.1. The van der Waals surface area contributed by atoms with E-state index in [1.54, 1.807) is 37.0 Å². The van der Waals surface area contributed by atoms with Crippen LogP contribution in [0.25, 0.3) is 5.65 Å². The Balaban J connectivity index is 1.66. The number of pyridine rings is 1. The first-order chi connectivity index (χ1) is 14.2. The lowest BCUT2D eigenvalue weighted by Gasteiger charge is -2.22. The lowest BCUT2D eigenvalue weighted by Crippen LogP contribution is -2.38. The number of carbonyl (C=O) groups excluding carboxylic acids is 1. The number of hydrogen-bond donors (Lipinski definition) is 3. The van der Waals surface area contributed by atoms with E-state index in [1.807, 2.05) is 6.07 Å². The van der Waals surface area contributed by atoms with E-state index in [4.69, 9.17) is 9.47 Å². The molecule has 10 nitrogen and oxygen atoms in total. The van der Waals surface area contributed by atoms with E-state index in [1.165, 1.54) is 6.20 Å². The highest BCUT2D eigenvalue weighted by Crippen LogP contribution is 2.26. The SMILES string of the molecule is CNc1cc(Nc2cccnc2OC)nc2c(C(=O)NC3CCOCC3)cnn12. The number of ether oxygens (including phenoxy) is 2. The molecule has 1 aliphatic heterocycles. The van der Waals surface area contributed by atoms with Gasteiger partial charge >= 0.3 is 0 Å². The van der Waals surface area contributed by atoms with Crippen LogP contribution in [0.3, 0.4) is 0 Å². The van der Waals surface area contributed by atoms with Gasteiger partial charge in [-0.1, -0.05) is 0 Å². The number of hydrogen-bond acceptors (Lipinski definition) is 8. The largest absolute Gasteiger partial charge is 0.480 e. The second-order valence-electron chi connectivity index (χ2n) is 6.62. The topological polar surface area (TPSA) is 115 Å². The molecule has 0 spiro atoms. The third kappa shape index (κ3) is 3.92. The molecule has 29 heavy (non-hydrogen) atoms. The van der Waals surface area contributed by atoms with Crippen molar-refractivity contribution in [1.82, 2.24) is 24.9 Å². The Bertz CT molecular complexity index is 1010. The van der Waals surface area contributed by atoms with Crippen molar-refractivity contribution in [2.45, 2.75) is 18.9 Å². The molecule has 4 heterocycles. The Kier molecular flexibility index (Phi) is 5.43. The van der Waals surface area contributed by atoms with Gasteiger partial charge < -0.3 is 25.4 Å². The van der Waals surface area contributed by atoms with E-state index in [9.17, 15) is 4.79 Å². The van der Waals surface area contributed by atoms with Gasteiger partial charge in [0.1, 0.15) is 22.9 Å². The summed E-state index contributed by atoms with van der Waals surface area (Å²) >= 11 is 0. The van der Waals surface area contributed by atoms with Crippen LogP contribution in [0.2, 0.25) is 0 Å². The molecule has 1 saturated heterocycles. The summed E-state index contributed by atoms with van der Waals surface area (Å²) in [6, 6.07) is 5.53. The van der Waals surface area contributed by atoms with E-state index >= 15 is 0 Å². The zero-order valence-electron chi connectivity index (χ0n) is 16.3. The normalized spacial score (nSPS) is 14.6. The highest BCUT2D eigenvalue weighted by atomic mass is 16.5. The van der Waals surface area contributed by atoms with Crippen molar-refractivity contribution in [2.24, 2.45) is 0 Å². The predicted octanol–water partition coefficient (Wildman–Crippen LogP) is 1.83. The molecular formula is C19H23N7O3. The number of fused-ring (bicyclic) bond motifs is 1. The van der Waals surface area contributed by atoms with Crippen molar-refractivity contribution in [1.29, 1.82) is 0 Å². The van der Waals surface area contributed by atoms with Crippen LogP contribution in [-0.2, 0) is 4.74 Å². The molecule has 3 N–H and O–H groups in total. The summed E-state index contributed by atoms with van der Waals surface area (Å²) in [5.41, 5.74) is 1.53. The van der Waals surface area contributed by atoms with Crippen molar-refractivity contribution < 1.29 is 14.3 Å². The van der Waals surface area contributed by atoms with Crippen LogP contribution in [0, 0.1) is 0 Å². The van der Waals surface area contributed by atoms with Gasteiger partial charge in [0.25, 0.3) is 5.91 Å². The number of anilines is 3. The lowest BCUT2D eigenvalue weighted by molar-refractivity contribution is 0.0697. The molecule has 0 atom stereocenters. The summed E-state index contributed by atoms with van der Waals surface area (Å²) in [6.07, 6.45) is 4.78. The molecule has 10 heteroatoms. The highest BCUT2D eigenvalue weighted by Gasteiger charge is 2.21. The summed E-state index contributed by atoms with van der Waals surface area (Å²) in [7, 11) is 3.34. The number of aromatic nitrogens is 4. The Morgan fingerprint density at radius 1 is 1.34 bits per heavy atom. The van der Waals surface area contributed by atoms with Crippen LogP contribution in [0.4, 0.5) is 17.3 Å². The first-order valence-electron chi connectivity index (χ1n) is 9.40. The minimum absolute atomic E-state index is 0.0935. The molecular weight excluding hydrogens is 374 g/mol. The van der Waals surface area contributed by atoms with Crippen LogP contribution in [0.1, 0.15) is 23.2 Å². The number of rotatable bonds is 6. The molecule has 0 unspecified atom stereocenters. The third-order valence-corrected chi connectivity index (χ3v) is 4.76. The van der Waals surface area contributed by atoms with Crippen molar-refractivity contribution >= 4 is 28.9 Å². The minimum Gasteiger partial charge on any atom is -0.480 e. The maximum Gasteiger partial charge on any atom is 0.256 e. The van der Waals surface area contributed by atoms with Gasteiger partial charge in [0.15, 0.2) is 5.65 Å². The van der Waals surface area contributed by atoms with Gasteiger partial charge in [0.05, 0.1) is 13.3 Å². The van der Waals surface area contributed by atoms with Gasteiger partial charge in [-0.25, -0.2) is 9.97 Å². The van der Waals surface area contributed by atoms with Crippen LogP contribution >= 0.6 is 0 Å². The quantitative estimate of drug-likeness (QED) is 0.577. The molecule has 0 bridgehead atoms. The Hall–Kier alpha value is -3.40. The number of nitrogens with one attached hydrogen (secondary N) is 3. The highest BCUT2D eigenvalue weighted by molar-refractivity contribution is 6.00. The molecule has 0 saturated carbocycles. The fraction of sp³-hybridized carbons (Fsp3) is 0.368. The molecule has 0 radical (unpaired) electrons. The van der Waals surface area contributed by atoms with Crippen molar-refractivity contribution in [2.75, 3.05) is 38.0 Å². The number of nitrogens with zero attached hydrogens (tertiary/aromatic N) is 4. The van der Waals surface area contributed by atoms with Crippen LogP contribution in [0.15, 0.2) is 30.6 Å². The molecule has 3 aromatic rings. The summed E-state index contributed by atoms with van der Waals surface area (Å²) < 4.78 is 12.2. The molecule has 3 aromatic heterocycles. The van der Waals surface area contributed by atoms with Crippen LogP contribution < -0.4 is 20.7 Å². The van der Waals surface area contributed by atoms with Gasteiger partial charge in [-0.2, -0.15) is 9.61 Å². The monoisotopic (exact) mass is 397 g/mol. The molecule has 4 rings (SSSR count). The molecule has 1 amide bonds. The molecule has 0 aromatic carbocycles.